The quantitative estimate of drug-likeness (QED) is 0.855. The minimum Gasteiger partial charge on any atom is -0.375 e. The molecule has 1 heterocycles. The Bertz CT molecular complexity index is 518. The van der Waals surface area contributed by atoms with Gasteiger partial charge < -0.3 is 9.64 Å². The molecule has 1 aromatic carbocycles. The van der Waals surface area contributed by atoms with E-state index in [1.165, 1.54) is 11.1 Å². The Labute approximate surface area is 133 Å². The van der Waals surface area contributed by atoms with Crippen LogP contribution in [-0.4, -0.2) is 36.1 Å². The Morgan fingerprint density at radius 1 is 1.18 bits per heavy atom. The van der Waals surface area contributed by atoms with E-state index in [9.17, 15) is 4.79 Å². The molecule has 1 fully saturated rings. The first-order chi connectivity index (χ1) is 10.6. The minimum absolute atomic E-state index is 0.0764. The predicted octanol–water partition coefficient (Wildman–Crippen LogP) is 3.52. The third-order valence-corrected chi connectivity index (χ3v) is 4.89. The monoisotopic (exact) mass is 301 g/mol. The van der Waals surface area contributed by atoms with Crippen LogP contribution in [0.25, 0.3) is 0 Å². The van der Waals surface area contributed by atoms with Crippen molar-refractivity contribution in [3.05, 3.63) is 35.4 Å². The molecule has 1 aromatic rings. The highest BCUT2D eigenvalue weighted by molar-refractivity contribution is 5.84. The summed E-state index contributed by atoms with van der Waals surface area (Å²) in [6, 6.07) is 8.47. The zero-order valence-electron chi connectivity index (χ0n) is 13.8. The van der Waals surface area contributed by atoms with Crippen LogP contribution in [0, 0.1) is 0 Å². The lowest BCUT2D eigenvalue weighted by Crippen LogP contribution is -2.44. The van der Waals surface area contributed by atoms with E-state index in [2.05, 4.69) is 43.0 Å². The number of hydrogen-bond acceptors (Lipinski definition) is 2. The van der Waals surface area contributed by atoms with Gasteiger partial charge in [-0.25, -0.2) is 0 Å². The van der Waals surface area contributed by atoms with Crippen molar-refractivity contribution in [1.82, 2.24) is 4.90 Å². The summed E-state index contributed by atoms with van der Waals surface area (Å²) in [5, 5.41) is 0. The molecule has 3 heteroatoms. The van der Waals surface area contributed by atoms with Crippen molar-refractivity contribution < 1.29 is 9.53 Å². The van der Waals surface area contributed by atoms with Gasteiger partial charge in [0, 0.05) is 13.1 Å². The van der Waals surface area contributed by atoms with Crippen LogP contribution in [0.4, 0.5) is 0 Å². The van der Waals surface area contributed by atoms with Gasteiger partial charge in [0.2, 0.25) is 5.91 Å². The summed E-state index contributed by atoms with van der Waals surface area (Å²) >= 11 is 0. The molecule has 1 aliphatic heterocycles. The maximum atomic E-state index is 12.9. The second-order valence-corrected chi connectivity index (χ2v) is 6.85. The Hall–Kier alpha value is -1.35. The molecular formula is C19H27NO2. The van der Waals surface area contributed by atoms with Gasteiger partial charge in [-0.15, -0.1) is 0 Å². The molecule has 0 aromatic heterocycles. The number of likely N-dealkylation sites (tertiary alicyclic amines) is 1. The number of carbonyl (C=O) groups is 1. The first-order valence-corrected chi connectivity index (χ1v) is 8.67. The van der Waals surface area contributed by atoms with Crippen LogP contribution < -0.4 is 0 Å². The van der Waals surface area contributed by atoms with E-state index < -0.39 is 0 Å². The molecule has 22 heavy (non-hydrogen) atoms. The summed E-state index contributed by atoms with van der Waals surface area (Å²) in [5.74, 6) is 0.405. The smallest absolute Gasteiger partial charge is 0.230 e. The number of benzene rings is 1. The highest BCUT2D eigenvalue weighted by Gasteiger charge is 2.32. The van der Waals surface area contributed by atoms with E-state index in [4.69, 9.17) is 4.74 Å². The van der Waals surface area contributed by atoms with Gasteiger partial charge in [-0.2, -0.15) is 0 Å². The molecule has 1 atom stereocenters. The zero-order valence-corrected chi connectivity index (χ0v) is 13.8. The molecule has 1 saturated heterocycles. The third kappa shape index (κ3) is 3.35. The van der Waals surface area contributed by atoms with E-state index in [0.717, 1.165) is 45.2 Å². The van der Waals surface area contributed by atoms with Gasteiger partial charge in [-0.3, -0.25) is 4.79 Å². The second-order valence-electron chi connectivity index (χ2n) is 6.85. The number of piperidine rings is 1. The average molecular weight is 301 g/mol. The largest absolute Gasteiger partial charge is 0.375 e. The van der Waals surface area contributed by atoms with E-state index in [-0.39, 0.29) is 12.0 Å². The summed E-state index contributed by atoms with van der Waals surface area (Å²) in [4.78, 5) is 15.0. The van der Waals surface area contributed by atoms with Gasteiger partial charge in [0.05, 0.1) is 18.1 Å². The first-order valence-electron chi connectivity index (χ1n) is 8.67. The first kappa shape index (κ1) is 15.5. The van der Waals surface area contributed by atoms with Gasteiger partial charge in [0.1, 0.15) is 0 Å². The van der Waals surface area contributed by atoms with Crippen molar-refractivity contribution in [2.24, 2.45) is 0 Å². The van der Waals surface area contributed by atoms with Crippen molar-refractivity contribution in [3.8, 4) is 0 Å². The van der Waals surface area contributed by atoms with Crippen LogP contribution in [0.3, 0.4) is 0 Å². The molecule has 0 spiro atoms. The van der Waals surface area contributed by atoms with Gasteiger partial charge in [0.25, 0.3) is 0 Å². The number of amides is 1. The number of rotatable bonds is 3. The predicted molar refractivity (Wildman–Crippen MR) is 87.9 cm³/mol. The topological polar surface area (TPSA) is 29.5 Å². The molecule has 0 bridgehead atoms. The summed E-state index contributed by atoms with van der Waals surface area (Å²) in [7, 11) is 0. The van der Waals surface area contributed by atoms with Crippen LogP contribution in [0.15, 0.2) is 24.3 Å². The number of nitrogens with zero attached hydrogens (tertiary/aromatic N) is 1. The standard InChI is InChI=1S/C19H27NO2/c1-14(2)22-16-10-12-20(13-11-16)19(21)18-9-5-7-15-6-3-4-8-17(15)18/h3-4,6,8,14,16,18H,5,7,9-13H2,1-2H3/t18-/m1/s1. The molecule has 3 rings (SSSR count). The van der Waals surface area contributed by atoms with Crippen molar-refractivity contribution in [2.45, 2.75) is 64.1 Å². The molecule has 0 unspecified atom stereocenters. The molecule has 1 aliphatic carbocycles. The molecular weight excluding hydrogens is 274 g/mol. The van der Waals surface area contributed by atoms with E-state index in [0.29, 0.717) is 12.0 Å². The molecule has 0 saturated carbocycles. The van der Waals surface area contributed by atoms with Crippen molar-refractivity contribution in [3.63, 3.8) is 0 Å². The number of hydrogen-bond donors (Lipinski definition) is 0. The normalized spacial score (nSPS) is 22.7. The van der Waals surface area contributed by atoms with Crippen LogP contribution >= 0.6 is 0 Å². The molecule has 0 N–H and O–H groups in total. The van der Waals surface area contributed by atoms with Gasteiger partial charge >= 0.3 is 0 Å². The highest BCUT2D eigenvalue weighted by atomic mass is 16.5. The second kappa shape index (κ2) is 6.82. The van der Waals surface area contributed by atoms with E-state index >= 15 is 0 Å². The Kier molecular flexibility index (Phi) is 4.82. The Morgan fingerprint density at radius 3 is 2.64 bits per heavy atom. The number of aryl methyl sites for hydroxylation is 1. The average Bonchev–Trinajstić information content (AvgIpc) is 2.54. The van der Waals surface area contributed by atoms with Crippen LogP contribution in [-0.2, 0) is 16.0 Å². The van der Waals surface area contributed by atoms with Crippen molar-refractivity contribution in [2.75, 3.05) is 13.1 Å². The summed E-state index contributed by atoms with van der Waals surface area (Å²) in [6.07, 6.45) is 5.78. The van der Waals surface area contributed by atoms with Crippen LogP contribution in [0.2, 0.25) is 0 Å². The third-order valence-electron chi connectivity index (χ3n) is 4.89. The fourth-order valence-electron chi connectivity index (χ4n) is 3.83. The summed E-state index contributed by atoms with van der Waals surface area (Å²) in [6.45, 7) is 5.84. The number of carbonyl (C=O) groups excluding carboxylic acids is 1. The lowest BCUT2D eigenvalue weighted by Gasteiger charge is -2.36. The van der Waals surface area contributed by atoms with E-state index in [1.807, 2.05) is 0 Å². The molecule has 0 radical (unpaired) electrons. The van der Waals surface area contributed by atoms with Crippen LogP contribution in [0.1, 0.15) is 56.6 Å². The molecule has 3 nitrogen and oxygen atoms in total. The zero-order chi connectivity index (χ0) is 15.5. The van der Waals surface area contributed by atoms with Gasteiger partial charge in [-0.1, -0.05) is 24.3 Å². The lowest BCUT2D eigenvalue weighted by atomic mass is 9.82. The fourth-order valence-corrected chi connectivity index (χ4v) is 3.83. The van der Waals surface area contributed by atoms with Crippen molar-refractivity contribution >= 4 is 5.91 Å². The summed E-state index contributed by atoms with van der Waals surface area (Å²) in [5.41, 5.74) is 2.63. The van der Waals surface area contributed by atoms with Crippen molar-refractivity contribution in [1.29, 1.82) is 0 Å². The molecule has 2 aliphatic rings. The SMILES string of the molecule is CC(C)OC1CCN(C(=O)[C@@H]2CCCc3ccccc32)CC1. The number of fused-ring (bicyclic) bond motifs is 1. The maximum absolute atomic E-state index is 12.9. The van der Waals surface area contributed by atoms with Gasteiger partial charge in [-0.05, 0) is 57.1 Å². The Balaban J connectivity index is 1.64. The molecule has 120 valence electrons. The maximum Gasteiger partial charge on any atom is 0.230 e. The number of ether oxygens (including phenoxy) is 1. The minimum atomic E-state index is 0.0764. The highest BCUT2D eigenvalue weighted by Crippen LogP contribution is 2.33. The fraction of sp³-hybridized carbons (Fsp3) is 0.632. The molecule has 1 amide bonds. The van der Waals surface area contributed by atoms with Crippen LogP contribution in [0.5, 0.6) is 0 Å². The Morgan fingerprint density at radius 2 is 1.91 bits per heavy atom. The van der Waals surface area contributed by atoms with E-state index in [1.54, 1.807) is 0 Å². The summed E-state index contributed by atoms with van der Waals surface area (Å²) < 4.78 is 5.88. The van der Waals surface area contributed by atoms with Gasteiger partial charge in [0.15, 0.2) is 0 Å². The lowest BCUT2D eigenvalue weighted by molar-refractivity contribution is -0.136.